The number of nitrogens with one attached hydrogen (secondary N) is 1. The molecule has 0 fully saturated rings. The third kappa shape index (κ3) is 1.98. The quantitative estimate of drug-likeness (QED) is 0.820. The van der Waals surface area contributed by atoms with Gasteiger partial charge in [0.05, 0.1) is 5.69 Å². The van der Waals surface area contributed by atoms with Gasteiger partial charge >= 0.3 is 5.69 Å². The zero-order valence-corrected chi connectivity index (χ0v) is 12.2. The summed E-state index contributed by atoms with van der Waals surface area (Å²) in [6.07, 6.45) is 2.83. The smallest absolute Gasteiger partial charge is 0.331 e. The Kier molecular flexibility index (Phi) is 2.85. The van der Waals surface area contributed by atoms with Gasteiger partial charge in [-0.2, -0.15) is 0 Å². The van der Waals surface area contributed by atoms with E-state index in [4.69, 9.17) is 21.7 Å². The molecule has 0 radical (unpaired) electrons. The highest BCUT2D eigenvalue weighted by atomic mass is 32.1. The average Bonchev–Trinajstić information content (AvgIpc) is 2.97. The average molecular weight is 302 g/mol. The zero-order chi connectivity index (χ0) is 14.4. The Balaban J connectivity index is 1.94. The number of aromatic amines is 1. The molecule has 5 nitrogen and oxygen atoms in total. The number of aromatic nitrogens is 2. The number of hydrogen-bond donors (Lipinski definition) is 1. The van der Waals surface area contributed by atoms with E-state index in [2.05, 4.69) is 4.98 Å². The van der Waals surface area contributed by atoms with E-state index < -0.39 is 0 Å². The van der Waals surface area contributed by atoms with Crippen molar-refractivity contribution in [2.24, 2.45) is 0 Å². The summed E-state index contributed by atoms with van der Waals surface area (Å²) in [4.78, 5) is 15.1. The lowest BCUT2D eigenvalue weighted by atomic mass is 10.2. The molecule has 4 rings (SSSR count). The van der Waals surface area contributed by atoms with E-state index in [9.17, 15) is 4.79 Å². The maximum atomic E-state index is 12.3. The summed E-state index contributed by atoms with van der Waals surface area (Å²) in [5.74, 6) is 1.40. The minimum atomic E-state index is -0.197. The van der Waals surface area contributed by atoms with Gasteiger partial charge in [0.25, 0.3) is 0 Å². The van der Waals surface area contributed by atoms with Gasteiger partial charge in [0.1, 0.15) is 17.9 Å². The van der Waals surface area contributed by atoms with Crippen LogP contribution in [-0.2, 0) is 12.8 Å². The van der Waals surface area contributed by atoms with Crippen LogP contribution in [0.25, 0.3) is 5.69 Å². The maximum absolute atomic E-state index is 12.3. The molecule has 2 aromatic rings. The highest BCUT2D eigenvalue weighted by Gasteiger charge is 2.20. The zero-order valence-electron chi connectivity index (χ0n) is 11.3. The lowest BCUT2D eigenvalue weighted by Crippen LogP contribution is -2.25. The molecule has 108 valence electrons. The number of benzene rings is 1. The first kappa shape index (κ1) is 12.6. The lowest BCUT2D eigenvalue weighted by molar-refractivity contribution is 0.171. The summed E-state index contributed by atoms with van der Waals surface area (Å²) >= 11 is 5.26. The van der Waals surface area contributed by atoms with Crippen LogP contribution in [0.3, 0.4) is 0 Å². The van der Waals surface area contributed by atoms with Gasteiger partial charge in [-0.25, -0.2) is 4.79 Å². The second-order valence-electron chi connectivity index (χ2n) is 5.20. The van der Waals surface area contributed by atoms with Crippen LogP contribution in [0.1, 0.15) is 17.7 Å². The van der Waals surface area contributed by atoms with Crippen molar-refractivity contribution in [3.8, 4) is 17.2 Å². The molecule has 1 aliphatic heterocycles. The first-order valence-corrected chi connectivity index (χ1v) is 7.42. The Morgan fingerprint density at radius 3 is 2.81 bits per heavy atom. The third-order valence-corrected chi connectivity index (χ3v) is 4.29. The number of H-pyrrole nitrogens is 1. The fraction of sp³-hybridized carbons (Fsp3) is 0.333. The van der Waals surface area contributed by atoms with E-state index in [1.807, 2.05) is 18.2 Å². The van der Waals surface area contributed by atoms with Gasteiger partial charge < -0.3 is 9.47 Å². The summed E-state index contributed by atoms with van der Waals surface area (Å²) in [5, 5.41) is 0. The molecule has 0 unspecified atom stereocenters. The molecule has 1 N–H and O–H groups in total. The van der Waals surface area contributed by atoms with Crippen LogP contribution in [0.4, 0.5) is 0 Å². The van der Waals surface area contributed by atoms with E-state index in [0.717, 1.165) is 42.0 Å². The van der Waals surface area contributed by atoms with Crippen molar-refractivity contribution >= 4 is 12.2 Å². The molecule has 1 aromatic heterocycles. The minimum absolute atomic E-state index is 0.197. The number of rotatable bonds is 1. The highest BCUT2D eigenvalue weighted by Crippen LogP contribution is 2.33. The predicted molar refractivity (Wildman–Crippen MR) is 80.2 cm³/mol. The number of hydrogen-bond acceptors (Lipinski definition) is 4. The first-order valence-electron chi connectivity index (χ1n) is 7.01. The second-order valence-corrected chi connectivity index (χ2v) is 5.61. The van der Waals surface area contributed by atoms with Crippen molar-refractivity contribution in [3.63, 3.8) is 0 Å². The van der Waals surface area contributed by atoms with Crippen molar-refractivity contribution < 1.29 is 9.47 Å². The standard InChI is InChI=1S/C15H14N2O3S/c18-15-16-14(21)10-2-1-3-11(10)17(15)9-4-5-12-13(8-9)20-7-6-19-12/h4-5,8H,1-3,6-7H2,(H,16,18,21). The SMILES string of the molecule is O=c1[nH]c(=S)c2c(n1-c1ccc3c(c1)OCCO3)CCC2. The van der Waals surface area contributed by atoms with E-state index in [-0.39, 0.29) is 5.69 Å². The van der Waals surface area contributed by atoms with Crippen molar-refractivity contribution in [1.29, 1.82) is 0 Å². The summed E-state index contributed by atoms with van der Waals surface area (Å²) in [5.41, 5.74) is 2.69. The van der Waals surface area contributed by atoms with Gasteiger partial charge in [-0.1, -0.05) is 12.2 Å². The van der Waals surface area contributed by atoms with Gasteiger partial charge in [-0.05, 0) is 31.4 Å². The Hall–Kier alpha value is -2.08. The van der Waals surface area contributed by atoms with Crippen LogP contribution >= 0.6 is 12.2 Å². The lowest BCUT2D eigenvalue weighted by Gasteiger charge is -2.20. The Morgan fingerprint density at radius 1 is 1.14 bits per heavy atom. The van der Waals surface area contributed by atoms with Crippen LogP contribution in [0.5, 0.6) is 11.5 Å². The topological polar surface area (TPSA) is 56.2 Å². The molecule has 0 spiro atoms. The molecule has 1 aliphatic carbocycles. The first-order chi connectivity index (χ1) is 10.2. The normalized spacial score (nSPS) is 15.8. The van der Waals surface area contributed by atoms with Gasteiger partial charge in [-0.3, -0.25) is 9.55 Å². The molecule has 0 atom stereocenters. The molecule has 0 bridgehead atoms. The van der Waals surface area contributed by atoms with Gasteiger partial charge in [0, 0.05) is 17.3 Å². The van der Waals surface area contributed by atoms with E-state index in [0.29, 0.717) is 23.6 Å². The summed E-state index contributed by atoms with van der Waals surface area (Å²) in [6.45, 7) is 1.08. The number of ether oxygens (including phenoxy) is 2. The second kappa shape index (κ2) is 4.73. The monoisotopic (exact) mass is 302 g/mol. The van der Waals surface area contributed by atoms with Crippen LogP contribution in [0.15, 0.2) is 23.0 Å². The van der Waals surface area contributed by atoms with Crippen LogP contribution in [0, 0.1) is 4.64 Å². The third-order valence-electron chi connectivity index (χ3n) is 3.94. The molecule has 0 saturated carbocycles. The molecule has 0 amide bonds. The highest BCUT2D eigenvalue weighted by molar-refractivity contribution is 7.71. The minimum Gasteiger partial charge on any atom is -0.486 e. The molecule has 2 aliphatic rings. The molecule has 21 heavy (non-hydrogen) atoms. The van der Waals surface area contributed by atoms with Crippen molar-refractivity contribution in [2.75, 3.05) is 13.2 Å². The van der Waals surface area contributed by atoms with E-state index in [1.165, 1.54) is 0 Å². The van der Waals surface area contributed by atoms with Crippen LogP contribution in [-0.4, -0.2) is 22.8 Å². The molecule has 1 aromatic carbocycles. The maximum Gasteiger partial charge on any atom is 0.331 e. The summed E-state index contributed by atoms with van der Waals surface area (Å²) < 4.78 is 13.4. The van der Waals surface area contributed by atoms with Crippen LogP contribution in [0.2, 0.25) is 0 Å². The van der Waals surface area contributed by atoms with Crippen molar-refractivity contribution in [2.45, 2.75) is 19.3 Å². The fourth-order valence-corrected chi connectivity index (χ4v) is 3.32. The number of nitrogens with zero attached hydrogens (tertiary/aromatic N) is 1. The molecular formula is C15H14N2O3S. The van der Waals surface area contributed by atoms with E-state index >= 15 is 0 Å². The number of fused-ring (bicyclic) bond motifs is 2. The van der Waals surface area contributed by atoms with Gasteiger partial charge in [0.2, 0.25) is 0 Å². The Labute approximate surface area is 126 Å². The largest absolute Gasteiger partial charge is 0.486 e. The summed E-state index contributed by atoms with van der Waals surface area (Å²) in [7, 11) is 0. The molecule has 2 heterocycles. The van der Waals surface area contributed by atoms with Crippen molar-refractivity contribution in [3.05, 3.63) is 44.6 Å². The molecule has 6 heteroatoms. The van der Waals surface area contributed by atoms with Crippen molar-refractivity contribution in [1.82, 2.24) is 9.55 Å². The van der Waals surface area contributed by atoms with Crippen LogP contribution < -0.4 is 15.2 Å². The predicted octanol–water partition coefficient (Wildman–Crippen LogP) is 2.15. The molecule has 0 saturated heterocycles. The molecular weight excluding hydrogens is 288 g/mol. The van der Waals surface area contributed by atoms with Gasteiger partial charge in [0.15, 0.2) is 11.5 Å². The van der Waals surface area contributed by atoms with Gasteiger partial charge in [-0.15, -0.1) is 0 Å². The summed E-state index contributed by atoms with van der Waals surface area (Å²) in [6, 6.07) is 5.58. The Morgan fingerprint density at radius 2 is 1.95 bits per heavy atom. The fourth-order valence-electron chi connectivity index (χ4n) is 3.01. The Bertz CT molecular complexity index is 838. The van der Waals surface area contributed by atoms with E-state index in [1.54, 1.807) is 4.57 Å².